The Labute approximate surface area is 475 Å². The standard InChI is InChI=1S/C73H40F3N7/c1-44-31-55(35-56(32-44)73(74,75)76)59-19-9-21-69(82-65-27-23-51(47-13-5-11-45(33-47)42-77)38-60(65)62-40-53(25-29-66(62)82)49-15-7-17-57(36-49)79-2)71(59)72-64(81-4)20-10-22-70(72)83-67-28-24-52(48-14-6-12-46(34-48)43-78)39-61(67)63-41-54(26-30-68(63)83)50-16-8-18-58(37-50)80-3/h5-41H,1H3. The first-order chi connectivity index (χ1) is 40.4. The number of aryl methyl sites for hydroxylation is 1. The summed E-state index contributed by atoms with van der Waals surface area (Å²) < 4.78 is 49.4. The summed E-state index contributed by atoms with van der Waals surface area (Å²) in [6, 6.07) is 74.0. The second kappa shape index (κ2) is 20.2. The third kappa shape index (κ3) is 8.86. The minimum atomic E-state index is -4.67. The highest BCUT2D eigenvalue weighted by Crippen LogP contribution is 2.50. The molecule has 0 aliphatic rings. The average molecular weight is 1070 g/mol. The highest BCUT2D eigenvalue weighted by atomic mass is 19.4. The fraction of sp³-hybridized carbons (Fsp3) is 0.0274. The molecular formula is C73H40F3N7. The maximum atomic E-state index is 15.0. The Morgan fingerprint density at radius 2 is 0.783 bits per heavy atom. The van der Waals surface area contributed by atoms with Gasteiger partial charge in [0.1, 0.15) is 0 Å². The van der Waals surface area contributed by atoms with Crippen LogP contribution in [0.25, 0.3) is 136 Å². The second-order valence-electron chi connectivity index (χ2n) is 20.4. The van der Waals surface area contributed by atoms with Crippen molar-refractivity contribution in [3.8, 4) is 90.3 Å². The summed E-state index contributed by atoms with van der Waals surface area (Å²) in [5.74, 6) is 0. The molecule has 11 aromatic carbocycles. The second-order valence-corrected chi connectivity index (χ2v) is 20.4. The molecule has 13 aromatic rings. The molecule has 0 aliphatic heterocycles. The van der Waals surface area contributed by atoms with Gasteiger partial charge in [0.05, 0.1) is 76.3 Å². The highest BCUT2D eigenvalue weighted by Gasteiger charge is 2.32. The van der Waals surface area contributed by atoms with Crippen LogP contribution in [-0.2, 0) is 6.18 Å². The molecule has 83 heavy (non-hydrogen) atoms. The van der Waals surface area contributed by atoms with Crippen LogP contribution in [0.2, 0.25) is 0 Å². The number of halogens is 3. The van der Waals surface area contributed by atoms with Gasteiger partial charge in [0, 0.05) is 38.4 Å². The Morgan fingerprint density at radius 1 is 0.386 bits per heavy atom. The van der Waals surface area contributed by atoms with E-state index in [0.717, 1.165) is 94.2 Å². The lowest BCUT2D eigenvalue weighted by Gasteiger charge is -2.23. The first kappa shape index (κ1) is 50.7. The highest BCUT2D eigenvalue weighted by molar-refractivity contribution is 6.15. The van der Waals surface area contributed by atoms with Crippen LogP contribution in [0.5, 0.6) is 0 Å². The predicted octanol–water partition coefficient (Wildman–Crippen LogP) is 20.6. The van der Waals surface area contributed by atoms with E-state index in [-0.39, 0.29) is 5.69 Å². The molecule has 0 bridgehead atoms. The molecular weight excluding hydrogens is 1030 g/mol. The Balaban J connectivity index is 1.15. The van der Waals surface area contributed by atoms with Gasteiger partial charge in [-0.25, -0.2) is 14.5 Å². The molecule has 10 heteroatoms. The van der Waals surface area contributed by atoms with E-state index in [0.29, 0.717) is 61.7 Å². The van der Waals surface area contributed by atoms with Crippen molar-refractivity contribution in [3.63, 3.8) is 0 Å². The van der Waals surface area contributed by atoms with E-state index in [2.05, 4.69) is 60.1 Å². The monoisotopic (exact) mass is 1070 g/mol. The van der Waals surface area contributed by atoms with E-state index in [1.54, 1.807) is 43.3 Å². The molecule has 0 unspecified atom stereocenters. The molecule has 2 aromatic heterocycles. The van der Waals surface area contributed by atoms with Crippen molar-refractivity contribution in [1.82, 2.24) is 9.13 Å². The summed E-state index contributed by atoms with van der Waals surface area (Å²) in [5, 5.41) is 23.3. The number of nitrogens with zero attached hydrogens (tertiary/aromatic N) is 7. The van der Waals surface area contributed by atoms with Crippen molar-refractivity contribution in [3.05, 3.63) is 281 Å². The number of hydrogen-bond acceptors (Lipinski definition) is 2. The summed E-state index contributed by atoms with van der Waals surface area (Å²) in [6.07, 6.45) is -4.67. The molecule has 0 spiro atoms. The van der Waals surface area contributed by atoms with Crippen LogP contribution in [0.3, 0.4) is 0 Å². The third-order valence-corrected chi connectivity index (χ3v) is 15.4. The fourth-order valence-corrected chi connectivity index (χ4v) is 11.7. The quantitative estimate of drug-likeness (QED) is 0.142. The number of nitriles is 2. The van der Waals surface area contributed by atoms with Gasteiger partial charge in [-0.15, -0.1) is 0 Å². The average Bonchev–Trinajstić information content (AvgIpc) is 2.10. The molecule has 0 aliphatic carbocycles. The Morgan fingerprint density at radius 3 is 1.20 bits per heavy atom. The molecule has 0 radical (unpaired) electrons. The molecule has 0 amide bonds. The summed E-state index contributed by atoms with van der Waals surface area (Å²) in [5.41, 5.74) is 14.8. The largest absolute Gasteiger partial charge is 0.416 e. The van der Waals surface area contributed by atoms with Crippen LogP contribution in [0.1, 0.15) is 22.3 Å². The van der Waals surface area contributed by atoms with Crippen LogP contribution in [-0.4, -0.2) is 9.13 Å². The maximum absolute atomic E-state index is 15.0. The molecule has 2 heterocycles. The van der Waals surface area contributed by atoms with Crippen LogP contribution < -0.4 is 0 Å². The van der Waals surface area contributed by atoms with Gasteiger partial charge in [-0.05, 0) is 177 Å². The van der Waals surface area contributed by atoms with Crippen molar-refractivity contribution in [2.75, 3.05) is 0 Å². The molecule has 0 N–H and O–H groups in total. The molecule has 0 saturated heterocycles. The normalized spacial score (nSPS) is 11.3. The van der Waals surface area contributed by atoms with Crippen LogP contribution >= 0.6 is 0 Å². The predicted molar refractivity (Wildman–Crippen MR) is 326 cm³/mol. The summed E-state index contributed by atoms with van der Waals surface area (Å²) >= 11 is 0. The number of rotatable bonds is 8. The van der Waals surface area contributed by atoms with Gasteiger partial charge < -0.3 is 9.13 Å². The zero-order valence-corrected chi connectivity index (χ0v) is 44.1. The minimum Gasteiger partial charge on any atom is -0.310 e. The zero-order valence-electron chi connectivity index (χ0n) is 44.1. The molecule has 13 rings (SSSR count). The number of hydrogen-bond donors (Lipinski definition) is 0. The van der Waals surface area contributed by atoms with Crippen molar-refractivity contribution in [2.45, 2.75) is 13.1 Å². The smallest absolute Gasteiger partial charge is 0.310 e. The van der Waals surface area contributed by atoms with Gasteiger partial charge in [0.15, 0.2) is 17.1 Å². The van der Waals surface area contributed by atoms with E-state index in [4.69, 9.17) is 19.7 Å². The SMILES string of the molecule is [C-]#[N+]c1cccc(-c2ccc3c(c2)c2cc(-c4cccc(C#N)c4)ccc2n3-c2cccc([N+]#[C-])c2-c2c(-c3cc(C)cc(C(F)(F)F)c3)cccc2-n2c3ccc(-c4cccc(C#N)c4)cc3c3cc(-c4cccc([N+]#[C-])c4)ccc32)c1. The van der Waals surface area contributed by atoms with Crippen molar-refractivity contribution in [1.29, 1.82) is 10.5 Å². The number of fused-ring (bicyclic) bond motifs is 6. The number of alkyl halides is 3. The van der Waals surface area contributed by atoms with Gasteiger partial charge >= 0.3 is 6.18 Å². The van der Waals surface area contributed by atoms with E-state index in [1.165, 1.54) is 6.07 Å². The lowest BCUT2D eigenvalue weighted by Crippen LogP contribution is -2.06. The third-order valence-electron chi connectivity index (χ3n) is 15.4. The van der Waals surface area contributed by atoms with Crippen LogP contribution in [0.15, 0.2) is 224 Å². The van der Waals surface area contributed by atoms with Crippen molar-refractivity contribution in [2.24, 2.45) is 0 Å². The van der Waals surface area contributed by atoms with Gasteiger partial charge in [-0.1, -0.05) is 115 Å². The topological polar surface area (TPSA) is 70.5 Å². The Kier molecular flexibility index (Phi) is 12.3. The summed E-state index contributed by atoms with van der Waals surface area (Å²) in [7, 11) is 0. The maximum Gasteiger partial charge on any atom is 0.416 e. The van der Waals surface area contributed by atoms with Gasteiger partial charge in [-0.2, -0.15) is 23.7 Å². The van der Waals surface area contributed by atoms with Crippen LogP contribution in [0, 0.1) is 49.3 Å². The number of benzene rings is 11. The van der Waals surface area contributed by atoms with Gasteiger partial charge in [0.2, 0.25) is 0 Å². The molecule has 388 valence electrons. The van der Waals surface area contributed by atoms with Gasteiger partial charge in [0.25, 0.3) is 0 Å². The fourth-order valence-electron chi connectivity index (χ4n) is 11.7. The molecule has 0 fully saturated rings. The summed E-state index contributed by atoms with van der Waals surface area (Å²) in [6.45, 7) is 26.2. The van der Waals surface area contributed by atoms with Crippen molar-refractivity contribution < 1.29 is 13.2 Å². The molecule has 0 saturated carbocycles. The van der Waals surface area contributed by atoms with E-state index in [1.807, 2.05) is 152 Å². The lowest BCUT2D eigenvalue weighted by molar-refractivity contribution is -0.137. The first-order valence-electron chi connectivity index (χ1n) is 26.4. The Bertz CT molecular complexity index is 4890. The lowest BCUT2D eigenvalue weighted by atomic mass is 9.89. The van der Waals surface area contributed by atoms with E-state index >= 15 is 13.2 Å². The number of aromatic nitrogens is 2. The summed E-state index contributed by atoms with van der Waals surface area (Å²) in [4.78, 5) is 11.7. The Hall–Kier alpha value is -11.7. The first-order valence-corrected chi connectivity index (χ1v) is 26.4. The van der Waals surface area contributed by atoms with Crippen molar-refractivity contribution >= 4 is 60.7 Å². The molecule has 7 nitrogen and oxygen atoms in total. The zero-order chi connectivity index (χ0) is 57.1. The van der Waals surface area contributed by atoms with E-state index in [9.17, 15) is 10.5 Å². The van der Waals surface area contributed by atoms with Gasteiger partial charge in [-0.3, -0.25) is 0 Å². The van der Waals surface area contributed by atoms with E-state index < -0.39 is 11.7 Å². The minimum absolute atomic E-state index is 0.259. The van der Waals surface area contributed by atoms with Crippen LogP contribution in [0.4, 0.5) is 30.2 Å². The molecule has 0 atom stereocenters.